The molecule has 0 saturated heterocycles. The Morgan fingerprint density at radius 3 is 2.89 bits per heavy atom. The van der Waals surface area contributed by atoms with Crippen molar-refractivity contribution in [1.82, 2.24) is 15.5 Å². The molecule has 1 aromatic carbocycles. The second-order valence-electron chi connectivity index (χ2n) is 7.10. The molecule has 6 nitrogen and oxygen atoms in total. The van der Waals surface area contributed by atoms with Crippen molar-refractivity contribution >= 4 is 16.8 Å². The molecule has 2 heterocycles. The van der Waals surface area contributed by atoms with Crippen molar-refractivity contribution in [1.29, 1.82) is 0 Å². The number of carbonyl (C=O) groups is 1. The highest BCUT2D eigenvalue weighted by molar-refractivity contribution is 5.85. The molecular formula is C19H19F2N3O3. The van der Waals surface area contributed by atoms with E-state index in [-0.39, 0.29) is 29.2 Å². The Morgan fingerprint density at radius 1 is 1.41 bits per heavy atom. The highest BCUT2D eigenvalue weighted by atomic mass is 19.3. The van der Waals surface area contributed by atoms with Gasteiger partial charge < -0.3 is 19.6 Å². The Kier molecular flexibility index (Phi) is 4.33. The fourth-order valence-corrected chi connectivity index (χ4v) is 2.90. The Hall–Kier alpha value is -2.90. The summed E-state index contributed by atoms with van der Waals surface area (Å²) in [6, 6.07) is 6.32. The van der Waals surface area contributed by atoms with Crippen LogP contribution < -0.4 is 10.1 Å². The number of amides is 1. The highest BCUT2D eigenvalue weighted by Crippen LogP contribution is 2.45. The molecular weight excluding hydrogens is 356 g/mol. The van der Waals surface area contributed by atoms with Crippen molar-refractivity contribution in [2.75, 3.05) is 0 Å². The molecule has 0 spiro atoms. The lowest BCUT2D eigenvalue weighted by Crippen LogP contribution is -2.29. The van der Waals surface area contributed by atoms with E-state index in [9.17, 15) is 13.6 Å². The summed E-state index contributed by atoms with van der Waals surface area (Å²) in [5, 5.41) is 7.23. The van der Waals surface area contributed by atoms with Gasteiger partial charge in [-0.25, -0.2) is 8.78 Å². The summed E-state index contributed by atoms with van der Waals surface area (Å²) in [5.74, 6) is 0.106. The number of aromatic amines is 1. The van der Waals surface area contributed by atoms with E-state index in [1.54, 1.807) is 18.2 Å². The van der Waals surface area contributed by atoms with Gasteiger partial charge in [-0.2, -0.15) is 0 Å². The van der Waals surface area contributed by atoms with Crippen molar-refractivity contribution in [3.63, 3.8) is 0 Å². The summed E-state index contributed by atoms with van der Waals surface area (Å²) in [6.07, 6.45) is 0.517. The largest absolute Gasteiger partial charge is 0.487 e. The number of carbonyl (C=O) groups excluding carboxylic acids is 1. The predicted octanol–water partition coefficient (Wildman–Crippen LogP) is 4.09. The van der Waals surface area contributed by atoms with Gasteiger partial charge in [0.2, 0.25) is 5.91 Å². The minimum atomic E-state index is -2.67. The first kappa shape index (κ1) is 17.5. The van der Waals surface area contributed by atoms with E-state index in [4.69, 9.17) is 9.26 Å². The fourth-order valence-electron chi connectivity index (χ4n) is 2.90. The lowest BCUT2D eigenvalue weighted by molar-refractivity contribution is -0.125. The van der Waals surface area contributed by atoms with E-state index in [0.29, 0.717) is 23.1 Å². The molecule has 142 valence electrons. The summed E-state index contributed by atoms with van der Waals surface area (Å²) >= 11 is 0. The van der Waals surface area contributed by atoms with Crippen LogP contribution >= 0.6 is 0 Å². The second kappa shape index (κ2) is 6.68. The number of halogens is 2. The first-order valence-corrected chi connectivity index (χ1v) is 8.69. The van der Waals surface area contributed by atoms with Crippen LogP contribution in [-0.4, -0.2) is 16.0 Å². The SMILES string of the molecule is CC1(C(=O)NCc2cc3cc(C(F)F)c(OCc4ccon4)cc3[nH]2)CC1. The maximum Gasteiger partial charge on any atom is 0.267 e. The van der Waals surface area contributed by atoms with E-state index in [1.165, 1.54) is 12.3 Å². The molecule has 27 heavy (non-hydrogen) atoms. The van der Waals surface area contributed by atoms with Crippen LogP contribution in [0.25, 0.3) is 10.9 Å². The molecule has 0 bridgehead atoms. The van der Waals surface area contributed by atoms with Crippen molar-refractivity contribution in [2.24, 2.45) is 5.41 Å². The minimum Gasteiger partial charge on any atom is -0.487 e. The van der Waals surface area contributed by atoms with Gasteiger partial charge in [0.05, 0.1) is 12.1 Å². The second-order valence-corrected chi connectivity index (χ2v) is 7.10. The topological polar surface area (TPSA) is 80.2 Å². The third-order valence-electron chi connectivity index (χ3n) is 4.90. The van der Waals surface area contributed by atoms with Crippen molar-refractivity contribution in [3.8, 4) is 5.75 Å². The number of nitrogens with one attached hydrogen (secondary N) is 2. The number of H-pyrrole nitrogens is 1. The van der Waals surface area contributed by atoms with E-state index >= 15 is 0 Å². The summed E-state index contributed by atoms with van der Waals surface area (Å²) in [7, 11) is 0. The molecule has 8 heteroatoms. The van der Waals surface area contributed by atoms with Crippen LogP contribution in [0, 0.1) is 5.41 Å². The standard InChI is InChI=1S/C19H19F2N3O3/c1-19(3-4-19)18(25)22-9-13-6-11-7-14(17(20)21)16(8-15(11)23-13)26-10-12-2-5-27-24-12/h2,5-8,17,23H,3-4,9-10H2,1H3,(H,22,25). The van der Waals surface area contributed by atoms with Crippen LogP contribution in [-0.2, 0) is 17.9 Å². The molecule has 4 rings (SSSR count). The summed E-state index contributed by atoms with van der Waals surface area (Å²) in [6.45, 7) is 2.28. The Morgan fingerprint density at radius 2 is 2.22 bits per heavy atom. The quantitative estimate of drug-likeness (QED) is 0.652. The van der Waals surface area contributed by atoms with Gasteiger partial charge in [0.25, 0.3) is 6.43 Å². The number of fused-ring (bicyclic) bond motifs is 1. The number of hydrogen-bond donors (Lipinski definition) is 2. The van der Waals surface area contributed by atoms with E-state index in [1.807, 2.05) is 6.92 Å². The molecule has 1 saturated carbocycles. The van der Waals surface area contributed by atoms with Gasteiger partial charge in [0, 0.05) is 34.1 Å². The third-order valence-corrected chi connectivity index (χ3v) is 4.90. The molecule has 0 radical (unpaired) electrons. The molecule has 2 aromatic heterocycles. The Balaban J connectivity index is 1.53. The van der Waals surface area contributed by atoms with Crippen molar-refractivity contribution in [3.05, 3.63) is 47.5 Å². The maximum atomic E-state index is 13.4. The van der Waals surface area contributed by atoms with Crippen LogP contribution in [0.4, 0.5) is 8.78 Å². The monoisotopic (exact) mass is 375 g/mol. The van der Waals surface area contributed by atoms with Crippen LogP contribution in [0.15, 0.2) is 35.1 Å². The van der Waals surface area contributed by atoms with Gasteiger partial charge in [-0.05, 0) is 25.0 Å². The van der Waals surface area contributed by atoms with Crippen LogP contribution in [0.2, 0.25) is 0 Å². The molecule has 1 aliphatic carbocycles. The zero-order valence-electron chi connectivity index (χ0n) is 14.7. The van der Waals surface area contributed by atoms with Crippen molar-refractivity contribution in [2.45, 2.75) is 39.3 Å². The number of alkyl halides is 2. The number of ether oxygens (including phenoxy) is 1. The van der Waals surface area contributed by atoms with Crippen LogP contribution in [0.5, 0.6) is 5.75 Å². The lowest BCUT2D eigenvalue weighted by Gasteiger charge is -2.10. The molecule has 1 aliphatic rings. The predicted molar refractivity (Wildman–Crippen MR) is 93.3 cm³/mol. The summed E-state index contributed by atoms with van der Waals surface area (Å²) < 4.78 is 37.1. The zero-order chi connectivity index (χ0) is 19.0. The first-order valence-electron chi connectivity index (χ1n) is 8.69. The molecule has 1 amide bonds. The number of nitrogens with zero attached hydrogens (tertiary/aromatic N) is 1. The normalized spacial score (nSPS) is 15.3. The minimum absolute atomic E-state index is 0.0195. The Labute approximate surface area is 153 Å². The molecule has 1 fully saturated rings. The fraction of sp³-hybridized carbons (Fsp3) is 0.368. The third kappa shape index (κ3) is 3.65. The maximum absolute atomic E-state index is 13.4. The van der Waals surface area contributed by atoms with Crippen LogP contribution in [0.1, 0.15) is 43.1 Å². The highest BCUT2D eigenvalue weighted by Gasteiger charge is 2.44. The number of aromatic nitrogens is 2. The first-order chi connectivity index (χ1) is 12.9. The molecule has 0 aliphatic heterocycles. The van der Waals surface area contributed by atoms with Gasteiger partial charge in [0.15, 0.2) is 0 Å². The van der Waals surface area contributed by atoms with Gasteiger partial charge in [-0.3, -0.25) is 4.79 Å². The molecule has 2 N–H and O–H groups in total. The average molecular weight is 375 g/mol. The van der Waals surface area contributed by atoms with E-state index < -0.39 is 6.43 Å². The smallest absolute Gasteiger partial charge is 0.267 e. The molecule has 3 aromatic rings. The van der Waals surface area contributed by atoms with Gasteiger partial charge in [-0.1, -0.05) is 12.1 Å². The summed E-state index contributed by atoms with van der Waals surface area (Å²) in [4.78, 5) is 15.2. The Bertz CT molecular complexity index is 962. The van der Waals surface area contributed by atoms with Crippen molar-refractivity contribution < 1.29 is 22.8 Å². The van der Waals surface area contributed by atoms with Gasteiger partial charge >= 0.3 is 0 Å². The van der Waals surface area contributed by atoms with Crippen LogP contribution in [0.3, 0.4) is 0 Å². The number of benzene rings is 1. The van der Waals surface area contributed by atoms with Gasteiger partial charge in [0.1, 0.15) is 24.3 Å². The van der Waals surface area contributed by atoms with Gasteiger partial charge in [-0.15, -0.1) is 0 Å². The average Bonchev–Trinajstić information content (AvgIpc) is 3.07. The molecule has 0 unspecified atom stereocenters. The van der Waals surface area contributed by atoms with E-state index in [0.717, 1.165) is 18.5 Å². The summed E-state index contributed by atoms with van der Waals surface area (Å²) in [5.41, 5.74) is 1.48. The number of rotatable bonds is 7. The lowest BCUT2D eigenvalue weighted by atomic mass is 10.1. The zero-order valence-corrected chi connectivity index (χ0v) is 14.7. The van der Waals surface area contributed by atoms with E-state index in [2.05, 4.69) is 15.5 Å². The number of hydrogen-bond acceptors (Lipinski definition) is 4. The molecule has 0 atom stereocenters.